The third kappa shape index (κ3) is 3.43. The van der Waals surface area contributed by atoms with Gasteiger partial charge in [0.25, 0.3) is 5.91 Å². The van der Waals surface area contributed by atoms with Crippen molar-refractivity contribution in [2.75, 3.05) is 5.32 Å². The van der Waals surface area contributed by atoms with Crippen LogP contribution in [-0.2, 0) is 9.31 Å². The molecule has 0 atom stereocenters. The predicted molar refractivity (Wildman–Crippen MR) is 114 cm³/mol. The first kappa shape index (κ1) is 19.6. The lowest BCUT2D eigenvalue weighted by Gasteiger charge is -2.32. The lowest BCUT2D eigenvalue weighted by Crippen LogP contribution is -2.41. The monoisotopic (exact) mass is 391 g/mol. The van der Waals surface area contributed by atoms with Crippen molar-refractivity contribution in [3.8, 4) is 0 Å². The Hall–Kier alpha value is -2.70. The molecule has 1 saturated heterocycles. The maximum Gasteiger partial charge on any atom is 0.497 e. The first-order valence-corrected chi connectivity index (χ1v) is 9.63. The number of benzene rings is 3. The zero-order chi connectivity index (χ0) is 20.8. The molecule has 0 unspecified atom stereocenters. The van der Waals surface area contributed by atoms with E-state index >= 15 is 4.39 Å². The quantitative estimate of drug-likeness (QED) is 0.668. The average molecular weight is 391 g/mol. The minimum absolute atomic E-state index is 0.287. The van der Waals surface area contributed by atoms with Gasteiger partial charge in [-0.25, -0.2) is 4.39 Å². The summed E-state index contributed by atoms with van der Waals surface area (Å²) in [6.07, 6.45) is 0. The zero-order valence-electron chi connectivity index (χ0n) is 17.0. The van der Waals surface area contributed by atoms with Crippen molar-refractivity contribution in [3.05, 3.63) is 72.0 Å². The molecule has 29 heavy (non-hydrogen) atoms. The van der Waals surface area contributed by atoms with E-state index in [1.54, 1.807) is 42.5 Å². The summed E-state index contributed by atoms with van der Waals surface area (Å²) in [6.45, 7) is 7.71. The summed E-state index contributed by atoms with van der Waals surface area (Å²) in [5, 5.41) is 3.75. The second kappa shape index (κ2) is 6.97. The van der Waals surface area contributed by atoms with Gasteiger partial charge in [0, 0.05) is 22.1 Å². The van der Waals surface area contributed by atoms with Crippen LogP contribution in [0.5, 0.6) is 0 Å². The number of rotatable bonds is 3. The molecule has 1 aliphatic rings. The van der Waals surface area contributed by atoms with Crippen LogP contribution < -0.4 is 10.8 Å². The SMILES string of the molecule is CC1(C)OB(c2ccc3c(C(=O)Nc4ccccc4)cccc3c2F)OC1(C)C. The van der Waals surface area contributed by atoms with E-state index in [-0.39, 0.29) is 5.91 Å². The number of hydrogen-bond donors (Lipinski definition) is 1. The molecule has 1 fully saturated rings. The number of amides is 1. The minimum atomic E-state index is -0.800. The van der Waals surface area contributed by atoms with E-state index in [1.165, 1.54) is 0 Å². The van der Waals surface area contributed by atoms with Crippen LogP contribution in [0.25, 0.3) is 10.8 Å². The van der Waals surface area contributed by atoms with Crippen LogP contribution in [0.3, 0.4) is 0 Å². The molecular weight excluding hydrogens is 368 g/mol. The Labute approximate surface area is 170 Å². The molecule has 1 amide bonds. The van der Waals surface area contributed by atoms with Crippen molar-refractivity contribution in [2.45, 2.75) is 38.9 Å². The summed E-state index contributed by atoms with van der Waals surface area (Å²) < 4.78 is 27.4. The Morgan fingerprint density at radius 3 is 2.17 bits per heavy atom. The maximum atomic E-state index is 15.4. The zero-order valence-corrected chi connectivity index (χ0v) is 17.0. The van der Waals surface area contributed by atoms with Gasteiger partial charge in [-0.15, -0.1) is 0 Å². The third-order valence-corrected chi connectivity index (χ3v) is 5.81. The van der Waals surface area contributed by atoms with Crippen LogP contribution in [0.4, 0.5) is 10.1 Å². The van der Waals surface area contributed by atoms with Crippen molar-refractivity contribution < 1.29 is 18.5 Å². The fraction of sp³-hybridized carbons (Fsp3) is 0.261. The summed E-state index contributed by atoms with van der Waals surface area (Å²) in [5.74, 6) is -0.722. The predicted octanol–water partition coefficient (Wildman–Crippen LogP) is 4.53. The Morgan fingerprint density at radius 2 is 1.52 bits per heavy atom. The minimum Gasteiger partial charge on any atom is -0.399 e. The van der Waals surface area contributed by atoms with E-state index in [2.05, 4.69) is 5.32 Å². The summed E-state index contributed by atoms with van der Waals surface area (Å²) in [4.78, 5) is 12.8. The molecular formula is C23H23BFNO3. The number of fused-ring (bicyclic) bond motifs is 1. The van der Waals surface area contributed by atoms with Gasteiger partial charge < -0.3 is 14.6 Å². The Kier molecular flexibility index (Phi) is 4.72. The van der Waals surface area contributed by atoms with E-state index in [9.17, 15) is 4.79 Å². The molecule has 0 spiro atoms. The molecule has 0 bridgehead atoms. The van der Waals surface area contributed by atoms with Gasteiger partial charge in [0.1, 0.15) is 5.82 Å². The summed E-state index contributed by atoms with van der Waals surface area (Å²) in [5.41, 5.74) is 0.304. The second-order valence-electron chi connectivity index (χ2n) is 8.28. The number of nitrogens with one attached hydrogen (secondary N) is 1. The average Bonchev–Trinajstić information content (AvgIpc) is 2.89. The first-order chi connectivity index (χ1) is 13.7. The maximum absolute atomic E-state index is 15.4. The van der Waals surface area contributed by atoms with Crippen molar-refractivity contribution >= 4 is 34.9 Å². The van der Waals surface area contributed by atoms with Gasteiger partial charge in [0.15, 0.2) is 0 Å². The van der Waals surface area contributed by atoms with E-state index in [0.717, 1.165) is 0 Å². The molecule has 0 saturated carbocycles. The van der Waals surface area contributed by atoms with Crippen molar-refractivity contribution in [2.24, 2.45) is 0 Å². The van der Waals surface area contributed by atoms with Gasteiger partial charge >= 0.3 is 7.12 Å². The van der Waals surface area contributed by atoms with E-state index < -0.39 is 24.1 Å². The highest BCUT2D eigenvalue weighted by Crippen LogP contribution is 2.37. The Balaban J connectivity index is 1.71. The smallest absolute Gasteiger partial charge is 0.399 e. The molecule has 0 aliphatic carbocycles. The fourth-order valence-corrected chi connectivity index (χ4v) is 3.41. The van der Waals surface area contributed by atoms with Gasteiger partial charge in [-0.05, 0) is 51.3 Å². The van der Waals surface area contributed by atoms with Gasteiger partial charge in [-0.1, -0.05) is 42.5 Å². The number of para-hydroxylation sites is 1. The lowest BCUT2D eigenvalue weighted by atomic mass is 9.77. The molecule has 1 heterocycles. The van der Waals surface area contributed by atoms with E-state index in [4.69, 9.17) is 9.31 Å². The van der Waals surface area contributed by atoms with Gasteiger partial charge in [-0.3, -0.25) is 4.79 Å². The molecule has 0 aromatic heterocycles. The van der Waals surface area contributed by atoms with E-state index in [0.29, 0.717) is 27.5 Å². The number of carbonyl (C=O) groups excluding carboxylic acids is 1. The fourth-order valence-electron chi connectivity index (χ4n) is 3.41. The molecule has 148 valence electrons. The number of hydrogen-bond acceptors (Lipinski definition) is 3. The van der Waals surface area contributed by atoms with Gasteiger partial charge in [0.2, 0.25) is 0 Å². The van der Waals surface area contributed by atoms with Crippen LogP contribution in [0.2, 0.25) is 0 Å². The summed E-state index contributed by atoms with van der Waals surface area (Å²) in [6, 6.07) is 17.6. The number of halogens is 1. The molecule has 0 radical (unpaired) electrons. The molecule has 1 N–H and O–H groups in total. The molecule has 3 aromatic carbocycles. The largest absolute Gasteiger partial charge is 0.497 e. The van der Waals surface area contributed by atoms with Crippen molar-refractivity contribution in [3.63, 3.8) is 0 Å². The molecule has 4 nitrogen and oxygen atoms in total. The highest BCUT2D eigenvalue weighted by atomic mass is 19.1. The molecule has 4 rings (SSSR count). The topological polar surface area (TPSA) is 47.6 Å². The van der Waals surface area contributed by atoms with Crippen LogP contribution in [0.1, 0.15) is 38.1 Å². The van der Waals surface area contributed by atoms with Crippen LogP contribution in [0.15, 0.2) is 60.7 Å². The second-order valence-corrected chi connectivity index (χ2v) is 8.28. The summed E-state index contributed by atoms with van der Waals surface area (Å²) in [7, 11) is -0.800. The van der Waals surface area contributed by atoms with Crippen LogP contribution in [-0.4, -0.2) is 24.2 Å². The van der Waals surface area contributed by atoms with Gasteiger partial charge in [-0.2, -0.15) is 0 Å². The lowest BCUT2D eigenvalue weighted by molar-refractivity contribution is 0.00578. The molecule has 6 heteroatoms. The molecule has 3 aromatic rings. The Bertz CT molecular complexity index is 1070. The number of anilines is 1. The van der Waals surface area contributed by atoms with E-state index in [1.807, 2.05) is 45.9 Å². The first-order valence-electron chi connectivity index (χ1n) is 9.63. The normalized spacial score (nSPS) is 17.5. The van der Waals surface area contributed by atoms with Crippen LogP contribution >= 0.6 is 0 Å². The van der Waals surface area contributed by atoms with Crippen molar-refractivity contribution in [1.82, 2.24) is 0 Å². The third-order valence-electron chi connectivity index (χ3n) is 5.81. The standard InChI is InChI=1S/C23H23BFNO3/c1-22(2)23(3,4)29-24(28-22)19-14-13-16-17(20(19)25)11-8-12-18(16)21(27)26-15-9-6-5-7-10-15/h5-14H,1-4H3,(H,26,27). The van der Waals surface area contributed by atoms with Crippen molar-refractivity contribution in [1.29, 1.82) is 0 Å². The Morgan fingerprint density at radius 1 is 0.862 bits per heavy atom. The van der Waals surface area contributed by atoms with Crippen LogP contribution in [0, 0.1) is 5.82 Å². The summed E-state index contributed by atoms with van der Waals surface area (Å²) >= 11 is 0. The highest BCUT2D eigenvalue weighted by molar-refractivity contribution is 6.62. The number of carbonyl (C=O) groups is 1. The molecule has 1 aliphatic heterocycles. The highest BCUT2D eigenvalue weighted by Gasteiger charge is 2.52. The van der Waals surface area contributed by atoms with Gasteiger partial charge in [0.05, 0.1) is 11.2 Å².